The molecule has 0 heterocycles. The van der Waals surface area contributed by atoms with Gasteiger partial charge in [-0.3, -0.25) is 0 Å². The molecule has 1 aromatic carbocycles. The van der Waals surface area contributed by atoms with E-state index in [9.17, 15) is 0 Å². The molecular formula is C15H23NO2. The molecule has 3 nitrogen and oxygen atoms in total. The van der Waals surface area contributed by atoms with Crippen molar-refractivity contribution in [2.45, 2.75) is 19.9 Å². The summed E-state index contributed by atoms with van der Waals surface area (Å²) in [6, 6.07) is 8.22. The van der Waals surface area contributed by atoms with E-state index in [2.05, 4.69) is 18.3 Å². The molecule has 0 bridgehead atoms. The van der Waals surface area contributed by atoms with Crippen LogP contribution in [0.5, 0.6) is 5.75 Å². The first-order valence-electron chi connectivity index (χ1n) is 6.32. The van der Waals surface area contributed by atoms with Gasteiger partial charge in [-0.1, -0.05) is 37.3 Å². The minimum atomic E-state index is 0.213. The van der Waals surface area contributed by atoms with Crippen LogP contribution in [0.1, 0.15) is 19.4 Å². The molecule has 0 aliphatic heterocycles. The molecule has 2 atom stereocenters. The zero-order valence-corrected chi connectivity index (χ0v) is 11.4. The molecule has 0 spiro atoms. The Morgan fingerprint density at radius 2 is 2.06 bits per heavy atom. The Kier molecular flexibility index (Phi) is 6.47. The maximum absolute atomic E-state index is 9.03. The summed E-state index contributed by atoms with van der Waals surface area (Å²) < 4.78 is 5.27. The van der Waals surface area contributed by atoms with Gasteiger partial charge in [-0.25, -0.2) is 0 Å². The van der Waals surface area contributed by atoms with E-state index in [1.54, 1.807) is 7.11 Å². The van der Waals surface area contributed by atoms with Crippen molar-refractivity contribution in [3.05, 3.63) is 35.9 Å². The Balaban J connectivity index is 2.45. The third-order valence-corrected chi connectivity index (χ3v) is 3.14. The topological polar surface area (TPSA) is 41.5 Å². The van der Waals surface area contributed by atoms with Crippen LogP contribution in [0.4, 0.5) is 0 Å². The van der Waals surface area contributed by atoms with Crippen LogP contribution in [0.3, 0.4) is 0 Å². The minimum absolute atomic E-state index is 0.213. The SMILES string of the molecule is COc1ccccc1/C=C/CNC(C)C(C)CO. The van der Waals surface area contributed by atoms with Crippen LogP contribution in [0.2, 0.25) is 0 Å². The number of aliphatic hydroxyl groups excluding tert-OH is 1. The van der Waals surface area contributed by atoms with Crippen molar-refractivity contribution in [3.63, 3.8) is 0 Å². The normalized spacial score (nSPS) is 14.7. The van der Waals surface area contributed by atoms with Crippen molar-refractivity contribution in [2.24, 2.45) is 5.92 Å². The standard InChI is InChI=1S/C15H23NO2/c1-12(11-17)13(2)16-10-6-8-14-7-4-5-9-15(14)18-3/h4-9,12-13,16-17H,10-11H2,1-3H3/b8-6+. The van der Waals surface area contributed by atoms with E-state index in [0.717, 1.165) is 17.9 Å². The summed E-state index contributed by atoms with van der Waals surface area (Å²) in [5, 5.41) is 12.4. The predicted octanol–water partition coefficient (Wildman–Crippen LogP) is 2.31. The lowest BCUT2D eigenvalue weighted by atomic mass is 10.1. The van der Waals surface area contributed by atoms with Crippen molar-refractivity contribution in [1.29, 1.82) is 0 Å². The molecule has 0 amide bonds. The first-order valence-corrected chi connectivity index (χ1v) is 6.32. The summed E-state index contributed by atoms with van der Waals surface area (Å²) in [5.74, 6) is 1.15. The molecule has 0 radical (unpaired) electrons. The first kappa shape index (κ1) is 14.7. The van der Waals surface area contributed by atoms with Gasteiger partial charge < -0.3 is 15.2 Å². The number of hydrogen-bond donors (Lipinski definition) is 2. The lowest BCUT2D eigenvalue weighted by Crippen LogP contribution is -2.33. The zero-order chi connectivity index (χ0) is 13.4. The molecule has 0 saturated carbocycles. The van der Waals surface area contributed by atoms with Crippen LogP contribution in [-0.2, 0) is 0 Å². The van der Waals surface area contributed by atoms with Gasteiger partial charge in [-0.05, 0) is 18.9 Å². The highest BCUT2D eigenvalue weighted by molar-refractivity contribution is 5.57. The van der Waals surface area contributed by atoms with Crippen molar-refractivity contribution in [1.82, 2.24) is 5.32 Å². The van der Waals surface area contributed by atoms with Crippen LogP contribution in [0.25, 0.3) is 6.08 Å². The van der Waals surface area contributed by atoms with E-state index in [0.29, 0.717) is 6.04 Å². The van der Waals surface area contributed by atoms with Crippen LogP contribution in [0.15, 0.2) is 30.3 Å². The van der Waals surface area contributed by atoms with E-state index in [-0.39, 0.29) is 12.5 Å². The van der Waals surface area contributed by atoms with E-state index in [1.165, 1.54) is 0 Å². The van der Waals surface area contributed by atoms with Crippen molar-refractivity contribution < 1.29 is 9.84 Å². The zero-order valence-electron chi connectivity index (χ0n) is 11.4. The Morgan fingerprint density at radius 1 is 1.33 bits per heavy atom. The fourth-order valence-electron chi connectivity index (χ4n) is 1.60. The summed E-state index contributed by atoms with van der Waals surface area (Å²) >= 11 is 0. The van der Waals surface area contributed by atoms with Crippen LogP contribution in [-0.4, -0.2) is 31.4 Å². The molecule has 1 rings (SSSR count). The van der Waals surface area contributed by atoms with E-state index in [1.807, 2.05) is 37.3 Å². The van der Waals surface area contributed by atoms with Gasteiger partial charge in [0, 0.05) is 24.8 Å². The largest absolute Gasteiger partial charge is 0.496 e. The number of ether oxygens (including phenoxy) is 1. The molecule has 0 aliphatic carbocycles. The molecule has 2 unspecified atom stereocenters. The smallest absolute Gasteiger partial charge is 0.126 e. The fourth-order valence-corrected chi connectivity index (χ4v) is 1.60. The van der Waals surface area contributed by atoms with E-state index >= 15 is 0 Å². The summed E-state index contributed by atoms with van der Waals surface area (Å²) in [7, 11) is 1.68. The fraction of sp³-hybridized carbons (Fsp3) is 0.467. The van der Waals surface area contributed by atoms with Crippen molar-refractivity contribution >= 4 is 6.08 Å². The number of para-hydroxylation sites is 1. The second-order valence-electron chi connectivity index (χ2n) is 4.50. The molecule has 2 N–H and O–H groups in total. The first-order chi connectivity index (χ1) is 8.69. The third kappa shape index (κ3) is 4.51. The Bertz CT molecular complexity index is 377. The number of benzene rings is 1. The molecule has 0 aliphatic rings. The highest BCUT2D eigenvalue weighted by atomic mass is 16.5. The maximum Gasteiger partial charge on any atom is 0.126 e. The van der Waals surface area contributed by atoms with Gasteiger partial charge in [0.15, 0.2) is 0 Å². The quantitative estimate of drug-likeness (QED) is 0.779. The Labute approximate surface area is 109 Å². The summed E-state index contributed by atoms with van der Waals surface area (Å²) in [5.41, 5.74) is 1.07. The van der Waals surface area contributed by atoms with Gasteiger partial charge in [-0.15, -0.1) is 0 Å². The average molecular weight is 249 g/mol. The van der Waals surface area contributed by atoms with Crippen LogP contribution < -0.4 is 10.1 Å². The number of nitrogens with one attached hydrogen (secondary N) is 1. The second-order valence-corrected chi connectivity index (χ2v) is 4.50. The second kappa shape index (κ2) is 7.90. The highest BCUT2D eigenvalue weighted by Crippen LogP contribution is 2.18. The van der Waals surface area contributed by atoms with Crippen molar-refractivity contribution in [3.8, 4) is 5.75 Å². The van der Waals surface area contributed by atoms with Crippen molar-refractivity contribution in [2.75, 3.05) is 20.3 Å². The van der Waals surface area contributed by atoms with Gasteiger partial charge in [0.1, 0.15) is 5.75 Å². The predicted molar refractivity (Wildman–Crippen MR) is 75.7 cm³/mol. The number of methoxy groups -OCH3 is 1. The van der Waals surface area contributed by atoms with Gasteiger partial charge >= 0.3 is 0 Å². The third-order valence-electron chi connectivity index (χ3n) is 3.14. The summed E-state index contributed by atoms with van der Waals surface area (Å²) in [6.07, 6.45) is 4.11. The maximum atomic E-state index is 9.03. The molecule has 0 saturated heterocycles. The van der Waals surface area contributed by atoms with Crippen LogP contribution >= 0.6 is 0 Å². The average Bonchev–Trinajstić information content (AvgIpc) is 2.42. The van der Waals surface area contributed by atoms with Gasteiger partial charge in [0.2, 0.25) is 0 Å². The number of rotatable bonds is 7. The van der Waals surface area contributed by atoms with Gasteiger partial charge in [0.25, 0.3) is 0 Å². The monoisotopic (exact) mass is 249 g/mol. The molecule has 0 fully saturated rings. The Morgan fingerprint density at radius 3 is 2.72 bits per heavy atom. The molecular weight excluding hydrogens is 226 g/mol. The Hall–Kier alpha value is -1.32. The van der Waals surface area contributed by atoms with Gasteiger partial charge in [0.05, 0.1) is 7.11 Å². The van der Waals surface area contributed by atoms with Crippen LogP contribution in [0, 0.1) is 5.92 Å². The number of aliphatic hydroxyl groups is 1. The lowest BCUT2D eigenvalue weighted by molar-refractivity contribution is 0.209. The number of hydrogen-bond acceptors (Lipinski definition) is 3. The minimum Gasteiger partial charge on any atom is -0.496 e. The van der Waals surface area contributed by atoms with Gasteiger partial charge in [-0.2, -0.15) is 0 Å². The van der Waals surface area contributed by atoms with E-state index < -0.39 is 0 Å². The summed E-state index contributed by atoms with van der Waals surface area (Å²) in [4.78, 5) is 0. The molecule has 3 heteroatoms. The highest BCUT2D eigenvalue weighted by Gasteiger charge is 2.08. The lowest BCUT2D eigenvalue weighted by Gasteiger charge is -2.18. The molecule has 0 aromatic heterocycles. The molecule has 18 heavy (non-hydrogen) atoms. The molecule has 1 aromatic rings. The molecule has 100 valence electrons. The summed E-state index contributed by atoms with van der Waals surface area (Å²) in [6.45, 7) is 5.10. The van der Waals surface area contributed by atoms with E-state index in [4.69, 9.17) is 9.84 Å².